The van der Waals surface area contributed by atoms with Crippen LogP contribution >= 0.6 is 20.2 Å². The second-order valence-electron chi connectivity index (χ2n) is 18.1. The number of ether oxygens (including phenoxy) is 2. The number of methoxy groups -OCH3 is 1. The van der Waals surface area contributed by atoms with Crippen molar-refractivity contribution in [1.82, 2.24) is 14.5 Å². The van der Waals surface area contributed by atoms with Crippen LogP contribution in [0.2, 0.25) is 5.02 Å². The van der Waals surface area contributed by atoms with E-state index in [1.807, 2.05) is 32.0 Å². The van der Waals surface area contributed by atoms with Crippen molar-refractivity contribution < 1.29 is 22.7 Å². The number of carbonyl (C=O) groups excluding carboxylic acids is 1. The molecule has 306 valence electrons. The topological polar surface area (TPSA) is 91.4 Å². The van der Waals surface area contributed by atoms with Crippen LogP contribution in [-0.2, 0) is 26.6 Å². The molecule has 6 aliphatic rings. The van der Waals surface area contributed by atoms with E-state index in [-0.39, 0.29) is 16.7 Å². The highest BCUT2D eigenvalue weighted by atomic mass is 35.5. The smallest absolute Gasteiger partial charge is 0.264 e. The zero-order chi connectivity index (χ0) is 39.1. The molecule has 1 spiro atoms. The second-order valence-corrected chi connectivity index (χ2v) is 21.6. The van der Waals surface area contributed by atoms with Crippen molar-refractivity contribution in [2.75, 3.05) is 77.3 Å². The minimum atomic E-state index is -3.90. The van der Waals surface area contributed by atoms with E-state index in [1.54, 1.807) is 6.07 Å². The first-order valence-electron chi connectivity index (χ1n) is 21.2. The summed E-state index contributed by atoms with van der Waals surface area (Å²) in [5, 5.41) is 0.124. The molecule has 2 unspecified atom stereocenters. The van der Waals surface area contributed by atoms with Crippen molar-refractivity contribution in [1.29, 1.82) is 0 Å². The van der Waals surface area contributed by atoms with Gasteiger partial charge in [-0.15, -0.1) is 8.58 Å². The molecule has 0 aromatic heterocycles. The molecule has 2 bridgehead atoms. The average molecular weight is 825 g/mol. The molecule has 56 heavy (non-hydrogen) atoms. The Bertz CT molecular complexity index is 1910. The van der Waals surface area contributed by atoms with Crippen LogP contribution in [0.5, 0.6) is 5.75 Å². The lowest BCUT2D eigenvalue weighted by atomic mass is 9.54. The Kier molecular flexibility index (Phi) is 11.9. The van der Waals surface area contributed by atoms with Gasteiger partial charge >= 0.3 is 0 Å². The monoisotopic (exact) mass is 824 g/mol. The number of allylic oxidation sites excluding steroid dienone is 1. The van der Waals surface area contributed by atoms with E-state index in [9.17, 15) is 13.2 Å². The molecule has 0 radical (unpaired) electrons. The van der Waals surface area contributed by atoms with E-state index < -0.39 is 26.8 Å². The third kappa shape index (κ3) is 7.93. The molecule has 4 heterocycles. The molecule has 12 heteroatoms. The summed E-state index contributed by atoms with van der Waals surface area (Å²) >= 11 is 6.55. The molecule has 2 aliphatic carbocycles. The summed E-state index contributed by atoms with van der Waals surface area (Å²) in [4.78, 5) is 21.7. The number of fused-ring (bicyclic) bond motifs is 5. The van der Waals surface area contributed by atoms with Gasteiger partial charge in [-0.1, -0.05) is 43.2 Å². The standard InChI is InChI=1S/C44H62ClN4O5PS/c1-42-20-17-40(42)44(53-2,30-47-22-23-48-21-8-6-11-35(48)26-47)19-7-4-5-12-36(27-55-3)56(51,52)46-41(50)33-13-16-39-38(25-33)49(28-42)29-43(31-54-39)18-9-10-32-24-34(45)14-15-37(32)43/h7,13-16,19,24-25,35-36,40,55H,4-6,8-12,17-18,20-23,26-31H2,1-3H3,(H,46,50)/t35-,36+,40-,42?,43+,44-/m1/s1. The van der Waals surface area contributed by atoms with E-state index in [0.717, 1.165) is 101 Å². The molecule has 1 amide bonds. The van der Waals surface area contributed by atoms with Crippen LogP contribution in [0.25, 0.3) is 0 Å². The number of nitrogens with zero attached hydrogens (tertiary/aromatic N) is 3. The maximum absolute atomic E-state index is 13.9. The predicted molar refractivity (Wildman–Crippen MR) is 229 cm³/mol. The van der Waals surface area contributed by atoms with Crippen LogP contribution < -0.4 is 14.4 Å². The number of sulfonamides is 1. The molecule has 4 aliphatic heterocycles. The van der Waals surface area contributed by atoms with Gasteiger partial charge in [0, 0.05) is 68.4 Å². The number of rotatable bonds is 5. The van der Waals surface area contributed by atoms with Crippen molar-refractivity contribution in [2.24, 2.45) is 11.3 Å². The van der Waals surface area contributed by atoms with Gasteiger partial charge < -0.3 is 14.4 Å². The van der Waals surface area contributed by atoms with E-state index in [1.165, 1.54) is 36.9 Å². The number of nitrogens with one attached hydrogen (secondary N) is 1. The van der Waals surface area contributed by atoms with Gasteiger partial charge in [0.1, 0.15) is 11.4 Å². The Hall–Kier alpha value is -2.20. The lowest BCUT2D eigenvalue weighted by Gasteiger charge is -2.58. The fourth-order valence-corrected chi connectivity index (χ4v) is 14.6. The Morgan fingerprint density at radius 2 is 1.89 bits per heavy atom. The minimum absolute atomic E-state index is 0.101. The summed E-state index contributed by atoms with van der Waals surface area (Å²) in [7, 11) is -1.53. The molecule has 1 saturated carbocycles. The Labute approximate surface area is 342 Å². The van der Waals surface area contributed by atoms with Gasteiger partial charge in [0.05, 0.1) is 17.5 Å². The molecule has 8 rings (SSSR count). The number of hydrogen-bond donors (Lipinski definition) is 1. The lowest BCUT2D eigenvalue weighted by molar-refractivity contribution is -0.132. The van der Waals surface area contributed by atoms with Crippen LogP contribution in [-0.4, -0.2) is 113 Å². The molecule has 2 aromatic rings. The predicted octanol–water partition coefficient (Wildman–Crippen LogP) is 7.26. The van der Waals surface area contributed by atoms with Gasteiger partial charge in [0.25, 0.3) is 5.91 Å². The minimum Gasteiger partial charge on any atom is -0.490 e. The maximum atomic E-state index is 13.9. The summed E-state index contributed by atoms with van der Waals surface area (Å²) in [5.74, 6) is 0.411. The normalized spacial score (nSPS) is 34.0. The number of benzene rings is 2. The molecule has 1 N–H and O–H groups in total. The van der Waals surface area contributed by atoms with E-state index in [0.29, 0.717) is 39.4 Å². The molecule has 3 fully saturated rings. The van der Waals surface area contributed by atoms with Crippen molar-refractivity contribution in [3.8, 4) is 5.75 Å². The molecule has 2 saturated heterocycles. The number of piperazine rings is 1. The first kappa shape index (κ1) is 40.6. The quantitative estimate of drug-likeness (QED) is 0.249. The number of piperidine rings is 1. The molecular weight excluding hydrogens is 763 g/mol. The summed E-state index contributed by atoms with van der Waals surface area (Å²) in [6, 6.07) is 12.4. The van der Waals surface area contributed by atoms with Crippen molar-refractivity contribution in [3.63, 3.8) is 0 Å². The Balaban J connectivity index is 1.20. The number of aryl methyl sites for hydroxylation is 1. The van der Waals surface area contributed by atoms with Crippen molar-refractivity contribution in [2.45, 2.75) is 99.9 Å². The van der Waals surface area contributed by atoms with Crippen molar-refractivity contribution in [3.05, 3.63) is 70.3 Å². The summed E-state index contributed by atoms with van der Waals surface area (Å²) in [6.45, 7) is 11.8. The van der Waals surface area contributed by atoms with Gasteiger partial charge in [-0.2, -0.15) is 0 Å². The number of carbonyl (C=O) groups is 1. The van der Waals surface area contributed by atoms with Gasteiger partial charge in [-0.3, -0.25) is 14.6 Å². The van der Waals surface area contributed by atoms with Crippen LogP contribution in [0.15, 0.2) is 48.6 Å². The van der Waals surface area contributed by atoms with E-state index in [4.69, 9.17) is 21.1 Å². The summed E-state index contributed by atoms with van der Waals surface area (Å²) in [6.07, 6.45) is 16.2. The lowest BCUT2D eigenvalue weighted by Crippen LogP contribution is -2.63. The highest BCUT2D eigenvalue weighted by Gasteiger charge is 2.56. The zero-order valence-electron chi connectivity index (χ0n) is 33.7. The van der Waals surface area contributed by atoms with Gasteiger partial charge in [-0.05, 0) is 136 Å². The van der Waals surface area contributed by atoms with Crippen LogP contribution in [0.3, 0.4) is 0 Å². The van der Waals surface area contributed by atoms with Gasteiger partial charge in [-0.25, -0.2) is 13.1 Å². The average Bonchev–Trinajstić information content (AvgIpc) is 3.32. The Morgan fingerprint density at radius 1 is 1.02 bits per heavy atom. The third-order valence-corrected chi connectivity index (χ3v) is 17.6. The Morgan fingerprint density at radius 3 is 2.70 bits per heavy atom. The first-order chi connectivity index (χ1) is 27.0. The van der Waals surface area contributed by atoms with Gasteiger partial charge in [0.15, 0.2) is 0 Å². The second kappa shape index (κ2) is 16.5. The van der Waals surface area contributed by atoms with Crippen molar-refractivity contribution >= 4 is 41.8 Å². The first-order valence-corrected chi connectivity index (χ1v) is 24.8. The van der Waals surface area contributed by atoms with Crippen LogP contribution in [0.1, 0.15) is 92.6 Å². The number of amides is 1. The fourth-order valence-electron chi connectivity index (χ4n) is 11.4. The van der Waals surface area contributed by atoms with Crippen LogP contribution in [0.4, 0.5) is 5.69 Å². The third-order valence-electron chi connectivity index (χ3n) is 14.5. The number of anilines is 1. The summed E-state index contributed by atoms with van der Waals surface area (Å²) in [5.41, 5.74) is 2.89. The highest BCUT2D eigenvalue weighted by Crippen LogP contribution is 2.56. The molecule has 9 nitrogen and oxygen atoms in total. The fraction of sp³-hybridized carbons (Fsp3) is 0.659. The summed E-state index contributed by atoms with van der Waals surface area (Å²) < 4.78 is 43.8. The zero-order valence-corrected chi connectivity index (χ0v) is 36.2. The highest BCUT2D eigenvalue weighted by molar-refractivity contribution is 7.91. The number of halogens is 1. The van der Waals surface area contributed by atoms with Crippen LogP contribution in [0, 0.1) is 11.3 Å². The maximum Gasteiger partial charge on any atom is 0.264 e. The van der Waals surface area contributed by atoms with E-state index >= 15 is 0 Å². The SMILES string of the molecule is CO[C@@]1(CN2CCN3CCCC[C@@H]3C2)C=CCCC[C@@H](CPC)S(=O)(=O)NC(=O)c2ccc3c(c2)N(CC2(C)CC[C@H]21)C[C@@]1(CCCc2cc(Cl)ccc21)CO3. The molecular formula is C44H62ClN4O5PS. The largest absolute Gasteiger partial charge is 0.490 e. The number of hydrogen-bond acceptors (Lipinski definition) is 8. The van der Waals surface area contributed by atoms with E-state index in [2.05, 4.69) is 50.6 Å². The van der Waals surface area contributed by atoms with Gasteiger partial charge in [0.2, 0.25) is 10.0 Å². The molecule has 7 atom stereocenters. The molecule has 2 aromatic carbocycles.